The molecule has 1 aromatic carbocycles. The summed E-state index contributed by atoms with van der Waals surface area (Å²) in [7, 11) is 1.54. The van der Waals surface area contributed by atoms with Crippen LogP contribution >= 0.6 is 0 Å². The summed E-state index contributed by atoms with van der Waals surface area (Å²) in [5.41, 5.74) is -0.917. The van der Waals surface area contributed by atoms with Crippen LogP contribution in [0.25, 0.3) is 0 Å². The molecule has 1 aliphatic heterocycles. The van der Waals surface area contributed by atoms with E-state index in [0.717, 1.165) is 0 Å². The number of hydrogen-bond donors (Lipinski definition) is 2. The largest absolute Gasteiger partial charge is 0.497 e. The van der Waals surface area contributed by atoms with E-state index in [9.17, 15) is 14.4 Å². The van der Waals surface area contributed by atoms with Crippen molar-refractivity contribution in [3.8, 4) is 5.75 Å². The highest BCUT2D eigenvalue weighted by atomic mass is 16.6. The van der Waals surface area contributed by atoms with E-state index in [0.29, 0.717) is 11.4 Å². The van der Waals surface area contributed by atoms with Crippen LogP contribution in [0.15, 0.2) is 36.9 Å². The number of methoxy groups -OCH3 is 1. The van der Waals surface area contributed by atoms with Gasteiger partial charge in [-0.15, -0.1) is 6.58 Å². The molecule has 1 heterocycles. The zero-order chi connectivity index (χ0) is 17.7. The molecule has 2 rings (SSSR count). The molecule has 0 aromatic heterocycles. The zero-order valence-corrected chi connectivity index (χ0v) is 13.6. The fourth-order valence-electron chi connectivity index (χ4n) is 2.66. The van der Waals surface area contributed by atoms with Gasteiger partial charge in [0.15, 0.2) is 5.41 Å². The summed E-state index contributed by atoms with van der Waals surface area (Å²) in [5, 5.41) is 4.74. The van der Waals surface area contributed by atoms with E-state index in [1.165, 1.54) is 13.2 Å². The van der Waals surface area contributed by atoms with Crippen molar-refractivity contribution in [2.24, 2.45) is 5.41 Å². The standard InChI is InChI=1S/C17H20N2O5/c1-4-9-17(10-11(2)24-15(17)21)14(20)19-16(22)18-12-5-7-13(23-3)8-6-12/h4-8,11H,1,9-10H2,2-3H3,(H2,18,19,20,22). The molecule has 128 valence electrons. The molecule has 0 aliphatic carbocycles. The summed E-state index contributed by atoms with van der Waals surface area (Å²) >= 11 is 0. The first-order chi connectivity index (χ1) is 11.4. The molecule has 1 fully saturated rings. The van der Waals surface area contributed by atoms with Gasteiger partial charge in [0, 0.05) is 12.1 Å². The van der Waals surface area contributed by atoms with Crippen LogP contribution in [0.1, 0.15) is 19.8 Å². The van der Waals surface area contributed by atoms with Gasteiger partial charge in [0.25, 0.3) is 0 Å². The molecule has 0 spiro atoms. The lowest BCUT2D eigenvalue weighted by Gasteiger charge is -2.21. The maximum Gasteiger partial charge on any atom is 0.325 e. The zero-order valence-electron chi connectivity index (χ0n) is 13.6. The summed E-state index contributed by atoms with van der Waals surface area (Å²) in [6, 6.07) is 5.89. The third-order valence-electron chi connectivity index (χ3n) is 3.84. The van der Waals surface area contributed by atoms with Gasteiger partial charge in [-0.25, -0.2) is 4.79 Å². The van der Waals surface area contributed by atoms with Crippen LogP contribution < -0.4 is 15.4 Å². The summed E-state index contributed by atoms with van der Waals surface area (Å²) in [4.78, 5) is 36.6. The third kappa shape index (κ3) is 3.56. The van der Waals surface area contributed by atoms with Crippen molar-refractivity contribution in [2.75, 3.05) is 12.4 Å². The van der Waals surface area contributed by atoms with Crippen molar-refractivity contribution >= 4 is 23.6 Å². The lowest BCUT2D eigenvalue weighted by atomic mass is 9.80. The van der Waals surface area contributed by atoms with E-state index in [1.807, 2.05) is 0 Å². The van der Waals surface area contributed by atoms with Gasteiger partial charge in [0.1, 0.15) is 11.9 Å². The summed E-state index contributed by atoms with van der Waals surface area (Å²) in [5.74, 6) is -0.683. The van der Waals surface area contributed by atoms with Crippen LogP contribution in [-0.4, -0.2) is 31.1 Å². The maximum atomic E-state index is 12.5. The van der Waals surface area contributed by atoms with Crippen LogP contribution in [-0.2, 0) is 14.3 Å². The van der Waals surface area contributed by atoms with E-state index in [1.54, 1.807) is 31.2 Å². The first-order valence-electron chi connectivity index (χ1n) is 7.50. The number of esters is 1. The predicted molar refractivity (Wildman–Crippen MR) is 87.6 cm³/mol. The number of hydrogen-bond acceptors (Lipinski definition) is 5. The van der Waals surface area contributed by atoms with Crippen LogP contribution in [0.2, 0.25) is 0 Å². The molecular formula is C17H20N2O5. The predicted octanol–water partition coefficient (Wildman–Crippen LogP) is 2.24. The highest BCUT2D eigenvalue weighted by Gasteiger charge is 2.53. The Kier molecular flexibility index (Phi) is 5.23. The maximum absolute atomic E-state index is 12.5. The Morgan fingerprint density at radius 3 is 2.58 bits per heavy atom. The van der Waals surface area contributed by atoms with Crippen LogP contribution in [0.3, 0.4) is 0 Å². The number of rotatable bonds is 5. The lowest BCUT2D eigenvalue weighted by molar-refractivity contribution is -0.152. The Hall–Kier alpha value is -2.83. The molecule has 7 heteroatoms. The molecule has 1 aliphatic rings. The molecule has 1 aromatic rings. The quantitative estimate of drug-likeness (QED) is 0.490. The average molecular weight is 332 g/mol. The van der Waals surface area contributed by atoms with Gasteiger partial charge in [-0.1, -0.05) is 6.08 Å². The number of anilines is 1. The third-order valence-corrected chi connectivity index (χ3v) is 3.84. The van der Waals surface area contributed by atoms with E-state index >= 15 is 0 Å². The highest BCUT2D eigenvalue weighted by molar-refractivity contribution is 6.11. The van der Waals surface area contributed by atoms with Crippen LogP contribution in [0.5, 0.6) is 5.75 Å². The number of nitrogens with one attached hydrogen (secondary N) is 2. The number of allylic oxidation sites excluding steroid dienone is 1. The minimum absolute atomic E-state index is 0.109. The Morgan fingerprint density at radius 2 is 2.08 bits per heavy atom. The van der Waals surface area contributed by atoms with Crippen molar-refractivity contribution < 1.29 is 23.9 Å². The van der Waals surface area contributed by atoms with Crippen molar-refractivity contribution in [3.05, 3.63) is 36.9 Å². The monoisotopic (exact) mass is 332 g/mol. The SMILES string of the molecule is C=CCC1(C(=O)NC(=O)Nc2ccc(OC)cc2)CC(C)OC1=O. The number of carbonyl (C=O) groups is 3. The molecule has 2 atom stereocenters. The normalized spacial score (nSPS) is 22.4. The Morgan fingerprint density at radius 1 is 1.42 bits per heavy atom. The lowest BCUT2D eigenvalue weighted by Crippen LogP contribution is -2.47. The van der Waals surface area contributed by atoms with Gasteiger partial charge in [-0.3, -0.25) is 14.9 Å². The second kappa shape index (κ2) is 7.16. The van der Waals surface area contributed by atoms with Gasteiger partial charge >= 0.3 is 12.0 Å². The average Bonchev–Trinajstić information content (AvgIpc) is 2.83. The highest BCUT2D eigenvalue weighted by Crippen LogP contribution is 2.38. The Bertz CT molecular complexity index is 655. The van der Waals surface area contributed by atoms with Gasteiger partial charge in [0.2, 0.25) is 5.91 Å². The number of urea groups is 1. The molecule has 2 N–H and O–H groups in total. The molecule has 7 nitrogen and oxygen atoms in total. The fraction of sp³-hybridized carbons (Fsp3) is 0.353. The van der Waals surface area contributed by atoms with Crippen molar-refractivity contribution in [2.45, 2.75) is 25.9 Å². The first kappa shape index (κ1) is 17.5. The van der Waals surface area contributed by atoms with Gasteiger partial charge in [-0.05, 0) is 37.6 Å². The minimum Gasteiger partial charge on any atom is -0.497 e. The number of amides is 3. The molecule has 3 amide bonds. The summed E-state index contributed by atoms with van der Waals surface area (Å²) < 4.78 is 10.1. The number of carbonyl (C=O) groups excluding carboxylic acids is 3. The number of cyclic esters (lactones) is 1. The minimum atomic E-state index is -1.40. The first-order valence-corrected chi connectivity index (χ1v) is 7.50. The topological polar surface area (TPSA) is 93.7 Å². The molecule has 1 saturated heterocycles. The van der Waals surface area contributed by atoms with Gasteiger partial charge < -0.3 is 14.8 Å². The number of benzene rings is 1. The molecule has 0 saturated carbocycles. The molecule has 24 heavy (non-hydrogen) atoms. The fourth-order valence-corrected chi connectivity index (χ4v) is 2.66. The van der Waals surface area contributed by atoms with E-state index in [-0.39, 0.29) is 18.9 Å². The molecular weight excluding hydrogens is 312 g/mol. The second-order valence-corrected chi connectivity index (χ2v) is 5.63. The summed E-state index contributed by atoms with van der Waals surface area (Å²) in [6.07, 6.45) is 1.41. The second-order valence-electron chi connectivity index (χ2n) is 5.63. The van der Waals surface area contributed by atoms with Crippen molar-refractivity contribution in [1.29, 1.82) is 0 Å². The van der Waals surface area contributed by atoms with Crippen molar-refractivity contribution in [3.63, 3.8) is 0 Å². The van der Waals surface area contributed by atoms with Gasteiger partial charge in [0.05, 0.1) is 7.11 Å². The van der Waals surface area contributed by atoms with E-state index in [2.05, 4.69) is 17.2 Å². The van der Waals surface area contributed by atoms with Crippen molar-refractivity contribution in [1.82, 2.24) is 5.32 Å². The van der Waals surface area contributed by atoms with Crippen LogP contribution in [0.4, 0.5) is 10.5 Å². The van der Waals surface area contributed by atoms with E-state index < -0.39 is 23.3 Å². The summed E-state index contributed by atoms with van der Waals surface area (Å²) in [6.45, 7) is 5.28. The number of imide groups is 1. The Labute approximate surface area is 140 Å². The van der Waals surface area contributed by atoms with E-state index in [4.69, 9.17) is 9.47 Å². The van der Waals surface area contributed by atoms with Crippen LogP contribution in [0, 0.1) is 5.41 Å². The Balaban J connectivity index is 2.04. The van der Waals surface area contributed by atoms with Gasteiger partial charge in [-0.2, -0.15) is 0 Å². The molecule has 0 bridgehead atoms. The molecule has 0 radical (unpaired) electrons. The molecule has 2 unspecified atom stereocenters. The number of ether oxygens (including phenoxy) is 2. The smallest absolute Gasteiger partial charge is 0.325 e.